The van der Waals surface area contributed by atoms with E-state index < -0.39 is 90.5 Å². The number of esters is 2. The quantitative estimate of drug-likeness (QED) is 0.123. The Morgan fingerprint density at radius 2 is 1.30 bits per heavy atom. The molecule has 0 saturated carbocycles. The number of cyclic esters (lactones) is 1. The van der Waals surface area contributed by atoms with E-state index in [9.17, 15) is 34.2 Å². The summed E-state index contributed by atoms with van der Waals surface area (Å²) in [5.41, 5.74) is 0. The van der Waals surface area contributed by atoms with Gasteiger partial charge in [0.2, 0.25) is 17.7 Å². The molecule has 0 aliphatic carbocycles. The second-order valence-corrected chi connectivity index (χ2v) is 13.3. The summed E-state index contributed by atoms with van der Waals surface area (Å²) in [7, 11) is 0. The number of rotatable bonds is 16. The van der Waals surface area contributed by atoms with Crippen molar-refractivity contribution in [3.8, 4) is 0 Å². The predicted molar refractivity (Wildman–Crippen MR) is 174 cm³/mol. The molecule has 1 fully saturated rings. The van der Waals surface area contributed by atoms with E-state index in [0.29, 0.717) is 12.8 Å². The van der Waals surface area contributed by atoms with Gasteiger partial charge in [0, 0.05) is 12.8 Å². The van der Waals surface area contributed by atoms with Gasteiger partial charge in [-0.25, -0.2) is 4.79 Å². The molecule has 1 aliphatic rings. The van der Waals surface area contributed by atoms with Crippen molar-refractivity contribution in [2.45, 2.75) is 162 Å². The Morgan fingerprint density at radius 1 is 0.804 bits per heavy atom. The summed E-state index contributed by atoms with van der Waals surface area (Å²) >= 11 is 0. The maximum absolute atomic E-state index is 13.5. The first-order chi connectivity index (χ1) is 21.7. The molecule has 0 aromatic heterocycles. The Morgan fingerprint density at radius 3 is 1.80 bits per heavy atom. The molecule has 1 saturated heterocycles. The van der Waals surface area contributed by atoms with E-state index >= 15 is 0 Å². The highest BCUT2D eigenvalue weighted by Crippen LogP contribution is 2.25. The van der Waals surface area contributed by atoms with Crippen LogP contribution in [0.2, 0.25) is 0 Å². The lowest BCUT2D eigenvalue weighted by molar-refractivity contribution is -0.162. The fourth-order valence-corrected chi connectivity index (χ4v) is 5.60. The van der Waals surface area contributed by atoms with Crippen molar-refractivity contribution in [2.24, 2.45) is 17.8 Å². The Bertz CT molecular complexity index is 958. The Balaban J connectivity index is 3.19. The van der Waals surface area contributed by atoms with Crippen LogP contribution in [0.1, 0.15) is 126 Å². The van der Waals surface area contributed by atoms with Gasteiger partial charge >= 0.3 is 11.9 Å². The zero-order valence-electron chi connectivity index (χ0n) is 29.1. The number of aliphatic hydroxyl groups is 2. The monoisotopic (exact) mass is 655 g/mol. The number of hydrogen-bond donors (Lipinski definition) is 5. The van der Waals surface area contributed by atoms with E-state index in [1.165, 1.54) is 58.8 Å². The molecule has 3 amide bonds. The van der Waals surface area contributed by atoms with Crippen LogP contribution < -0.4 is 16.0 Å². The minimum absolute atomic E-state index is 0.394. The summed E-state index contributed by atoms with van der Waals surface area (Å²) in [4.78, 5) is 64.8. The van der Waals surface area contributed by atoms with E-state index in [1.54, 1.807) is 20.8 Å². The van der Waals surface area contributed by atoms with E-state index in [2.05, 4.69) is 22.9 Å². The van der Waals surface area contributed by atoms with Gasteiger partial charge in [-0.1, -0.05) is 98.8 Å². The van der Waals surface area contributed by atoms with Gasteiger partial charge in [0.1, 0.15) is 24.8 Å². The maximum Gasteiger partial charge on any atom is 0.332 e. The van der Waals surface area contributed by atoms with Gasteiger partial charge in [0.05, 0.1) is 18.1 Å². The van der Waals surface area contributed by atoms with Gasteiger partial charge in [-0.15, -0.1) is 0 Å². The highest BCUT2D eigenvalue weighted by Gasteiger charge is 2.39. The number of unbranched alkanes of at least 4 members (excludes halogenated alkanes) is 10. The molecule has 5 N–H and O–H groups in total. The second kappa shape index (κ2) is 22.0. The van der Waals surface area contributed by atoms with Crippen LogP contribution in [-0.2, 0) is 33.4 Å². The van der Waals surface area contributed by atoms with Gasteiger partial charge in [-0.05, 0) is 25.7 Å². The zero-order valence-corrected chi connectivity index (χ0v) is 29.1. The van der Waals surface area contributed by atoms with Gasteiger partial charge < -0.3 is 35.6 Å². The van der Waals surface area contributed by atoms with Crippen molar-refractivity contribution >= 4 is 29.7 Å². The van der Waals surface area contributed by atoms with Crippen LogP contribution in [0.15, 0.2) is 0 Å². The lowest BCUT2D eigenvalue weighted by Gasteiger charge is -2.32. The Labute approximate surface area is 275 Å². The summed E-state index contributed by atoms with van der Waals surface area (Å²) in [6.07, 6.45) is 9.49. The lowest BCUT2D eigenvalue weighted by atomic mass is 9.86. The van der Waals surface area contributed by atoms with E-state index in [1.807, 2.05) is 0 Å². The van der Waals surface area contributed by atoms with Gasteiger partial charge in [-0.2, -0.15) is 0 Å². The highest BCUT2D eigenvalue weighted by molar-refractivity contribution is 5.94. The first kappa shape index (κ1) is 41.3. The topological polar surface area (TPSA) is 180 Å². The molecular weight excluding hydrogens is 594 g/mol. The normalized spacial score (nSPS) is 27.5. The summed E-state index contributed by atoms with van der Waals surface area (Å²) < 4.78 is 10.9. The van der Waals surface area contributed by atoms with E-state index in [4.69, 9.17) is 9.47 Å². The standard InChI is InChI=1S/C34H61N3O9/c1-8-9-10-11-12-13-14-15-16-17-18-19-27-22(4)30(40)23(5)31(41)36-28(21(2)3)32(42)37-29(24(6)38)33(43)35-26(34(44)46-27)20-45-25(7)39/h21-24,26-30,38,40H,8-20H2,1-7H3,(H,35,43)(H,36,41)(H,37,42)/t22-,23-,24-,26-,27+,28-,29+,30+/m0/s1. The van der Waals surface area contributed by atoms with E-state index in [-0.39, 0.29) is 0 Å². The number of ether oxygens (including phenoxy) is 2. The van der Waals surface area contributed by atoms with Gasteiger partial charge in [0.15, 0.2) is 6.04 Å². The number of nitrogens with one attached hydrogen (secondary N) is 3. The molecule has 12 nitrogen and oxygen atoms in total. The molecule has 0 radical (unpaired) electrons. The molecular formula is C34H61N3O9. The van der Waals surface area contributed by atoms with Crippen LogP contribution in [-0.4, -0.2) is 82.9 Å². The molecule has 266 valence electrons. The van der Waals surface area contributed by atoms with Crippen LogP contribution >= 0.6 is 0 Å². The molecule has 46 heavy (non-hydrogen) atoms. The summed E-state index contributed by atoms with van der Waals surface area (Å²) in [6.45, 7) is 10.8. The summed E-state index contributed by atoms with van der Waals surface area (Å²) in [6, 6.07) is -4.00. The van der Waals surface area contributed by atoms with Crippen molar-refractivity contribution in [3.05, 3.63) is 0 Å². The summed E-state index contributed by atoms with van der Waals surface area (Å²) in [5, 5.41) is 29.2. The van der Waals surface area contributed by atoms with Crippen molar-refractivity contribution in [1.29, 1.82) is 0 Å². The molecule has 1 heterocycles. The van der Waals surface area contributed by atoms with Crippen LogP contribution in [0.5, 0.6) is 0 Å². The average Bonchev–Trinajstić information content (AvgIpc) is 3.00. The smallest absolute Gasteiger partial charge is 0.332 e. The Kier molecular flexibility index (Phi) is 19.7. The van der Waals surface area contributed by atoms with Crippen molar-refractivity contribution < 1.29 is 43.7 Å². The number of hydrogen-bond acceptors (Lipinski definition) is 9. The van der Waals surface area contributed by atoms with Crippen molar-refractivity contribution in [2.75, 3.05) is 6.61 Å². The molecule has 0 bridgehead atoms. The molecule has 0 aromatic carbocycles. The van der Waals surface area contributed by atoms with Crippen molar-refractivity contribution in [3.63, 3.8) is 0 Å². The third kappa shape index (κ3) is 14.8. The summed E-state index contributed by atoms with van der Waals surface area (Å²) in [5.74, 6) is -5.81. The second-order valence-electron chi connectivity index (χ2n) is 13.3. The van der Waals surface area contributed by atoms with Crippen LogP contribution in [0.3, 0.4) is 0 Å². The number of amides is 3. The minimum atomic E-state index is -1.49. The molecule has 8 atom stereocenters. The largest absolute Gasteiger partial charge is 0.463 e. The number of carbonyl (C=O) groups excluding carboxylic acids is 5. The fourth-order valence-electron chi connectivity index (χ4n) is 5.60. The first-order valence-corrected chi connectivity index (χ1v) is 17.3. The van der Waals surface area contributed by atoms with Crippen molar-refractivity contribution in [1.82, 2.24) is 16.0 Å². The first-order valence-electron chi connectivity index (χ1n) is 17.3. The SMILES string of the molecule is CCCCCCCCCCCCC[C@H]1OC(=O)[C@H](COC(C)=O)NC(=O)[C@@H]([C@H](C)O)NC(=O)[C@H](C(C)C)NC(=O)[C@@H](C)[C@H](O)[C@H]1C. The maximum atomic E-state index is 13.5. The number of aliphatic hydroxyl groups excluding tert-OH is 2. The average molecular weight is 656 g/mol. The molecule has 0 unspecified atom stereocenters. The third-order valence-electron chi connectivity index (χ3n) is 8.77. The zero-order chi connectivity index (χ0) is 34.8. The molecule has 0 aromatic rings. The minimum Gasteiger partial charge on any atom is -0.463 e. The fraction of sp³-hybridized carbons (Fsp3) is 0.853. The van der Waals surface area contributed by atoms with Gasteiger partial charge in [-0.3, -0.25) is 19.2 Å². The number of carbonyl (C=O) groups is 5. The Hall–Kier alpha value is -2.73. The predicted octanol–water partition coefficient (Wildman–Crippen LogP) is 3.30. The van der Waals surface area contributed by atoms with Gasteiger partial charge in [0.25, 0.3) is 0 Å². The van der Waals surface area contributed by atoms with Crippen LogP contribution in [0, 0.1) is 17.8 Å². The molecule has 0 spiro atoms. The molecule has 1 rings (SSSR count). The van der Waals surface area contributed by atoms with Crippen LogP contribution in [0.25, 0.3) is 0 Å². The van der Waals surface area contributed by atoms with E-state index in [0.717, 1.165) is 26.2 Å². The van der Waals surface area contributed by atoms with Crippen LogP contribution in [0.4, 0.5) is 0 Å². The lowest BCUT2D eigenvalue weighted by Crippen LogP contribution is -2.60. The highest BCUT2D eigenvalue weighted by atomic mass is 16.6. The molecule has 1 aliphatic heterocycles. The molecule has 12 heteroatoms. The third-order valence-corrected chi connectivity index (χ3v) is 8.77.